The first-order valence-corrected chi connectivity index (χ1v) is 23.8. The van der Waals surface area contributed by atoms with Gasteiger partial charge in [0.25, 0.3) is 0 Å². The van der Waals surface area contributed by atoms with Crippen molar-refractivity contribution in [3.05, 3.63) is 301 Å². The van der Waals surface area contributed by atoms with Crippen molar-refractivity contribution in [1.29, 1.82) is 0 Å². The Morgan fingerprint density at radius 2 is 0.739 bits per heavy atom. The van der Waals surface area contributed by atoms with Crippen LogP contribution in [0, 0.1) is 0 Å². The summed E-state index contributed by atoms with van der Waals surface area (Å²) >= 11 is 0. The molecule has 0 unspecified atom stereocenters. The van der Waals surface area contributed by atoms with E-state index in [9.17, 15) is 0 Å². The highest BCUT2D eigenvalue weighted by Gasteiger charge is 2.46. The summed E-state index contributed by atoms with van der Waals surface area (Å²) in [6.45, 7) is 0. The van der Waals surface area contributed by atoms with Gasteiger partial charge in [-0.1, -0.05) is 206 Å². The van der Waals surface area contributed by atoms with Gasteiger partial charge in [0.1, 0.15) is 0 Å². The average molecular weight is 879 g/mol. The van der Waals surface area contributed by atoms with E-state index in [1.807, 2.05) is 0 Å². The molecule has 0 amide bonds. The molecule has 0 aliphatic heterocycles. The van der Waals surface area contributed by atoms with E-state index < -0.39 is 5.41 Å². The minimum Gasteiger partial charge on any atom is -0.310 e. The minimum absolute atomic E-state index is 0.460. The number of nitrogens with zero attached hydrogens (tertiary/aromatic N) is 2. The molecule has 0 saturated carbocycles. The van der Waals surface area contributed by atoms with Gasteiger partial charge in [0.05, 0.1) is 16.4 Å². The molecule has 324 valence electrons. The van der Waals surface area contributed by atoms with Gasteiger partial charge in [-0.3, -0.25) is 0 Å². The summed E-state index contributed by atoms with van der Waals surface area (Å²) in [6, 6.07) is 102. The maximum absolute atomic E-state index is 2.42. The van der Waals surface area contributed by atoms with Gasteiger partial charge >= 0.3 is 0 Å². The maximum Gasteiger partial charge on any atom is 0.0713 e. The fourth-order valence-corrected chi connectivity index (χ4v) is 11.1. The summed E-state index contributed by atoms with van der Waals surface area (Å²) in [5.41, 5.74) is 21.2. The van der Waals surface area contributed by atoms with Gasteiger partial charge in [-0.15, -0.1) is 0 Å². The molecule has 12 aromatic rings. The van der Waals surface area contributed by atoms with Crippen LogP contribution in [0.4, 0.5) is 17.1 Å². The number of benzene rings is 11. The fraction of sp³-hybridized carbons (Fsp3) is 0.0149. The number of aromatic nitrogens is 1. The fourth-order valence-electron chi connectivity index (χ4n) is 11.1. The number of hydrogen-bond donors (Lipinski definition) is 0. The van der Waals surface area contributed by atoms with Crippen LogP contribution in [0.15, 0.2) is 279 Å². The van der Waals surface area contributed by atoms with E-state index in [2.05, 4.69) is 289 Å². The van der Waals surface area contributed by atoms with Crippen LogP contribution in [0.1, 0.15) is 22.3 Å². The van der Waals surface area contributed by atoms with Gasteiger partial charge < -0.3 is 9.47 Å². The minimum atomic E-state index is -0.460. The zero-order chi connectivity index (χ0) is 45.7. The molecular formula is C67H46N2. The summed E-state index contributed by atoms with van der Waals surface area (Å²) in [5, 5.41) is 2.50. The van der Waals surface area contributed by atoms with Crippen LogP contribution in [0.5, 0.6) is 0 Å². The van der Waals surface area contributed by atoms with Gasteiger partial charge in [0, 0.05) is 33.5 Å². The Hall–Kier alpha value is -8.98. The first kappa shape index (κ1) is 40.3. The number of para-hydroxylation sites is 2. The standard InChI is InChI=1S/C67H46N2/c1-5-18-47(19-6-1)48-32-37-56(38-33-48)68(58-41-42-64-61(46-58)59-28-13-15-30-63(59)67(64,53-22-7-2-8-23-53)54-24-9-3-10-25-54)57-39-34-49(35-40-57)50-20-17-21-51(44-50)52-36-43-66-62(45-52)60-29-14-16-31-65(60)69(66)55-26-11-4-12-27-55/h1-46H. The Labute approximate surface area is 403 Å². The third-order valence-corrected chi connectivity index (χ3v) is 14.3. The summed E-state index contributed by atoms with van der Waals surface area (Å²) in [4.78, 5) is 2.41. The maximum atomic E-state index is 2.42. The van der Waals surface area contributed by atoms with Crippen LogP contribution in [-0.4, -0.2) is 4.57 Å². The van der Waals surface area contributed by atoms with Gasteiger partial charge in [-0.25, -0.2) is 0 Å². The molecule has 0 fully saturated rings. The van der Waals surface area contributed by atoms with Crippen molar-refractivity contribution in [2.75, 3.05) is 4.90 Å². The van der Waals surface area contributed by atoms with Crippen LogP contribution < -0.4 is 4.90 Å². The van der Waals surface area contributed by atoms with Crippen molar-refractivity contribution in [2.24, 2.45) is 0 Å². The van der Waals surface area contributed by atoms with Gasteiger partial charge in [0.2, 0.25) is 0 Å². The zero-order valence-electron chi connectivity index (χ0n) is 38.0. The molecule has 1 heterocycles. The highest BCUT2D eigenvalue weighted by molar-refractivity contribution is 6.10. The highest BCUT2D eigenvalue weighted by Crippen LogP contribution is 2.57. The molecule has 11 aromatic carbocycles. The van der Waals surface area contributed by atoms with Crippen molar-refractivity contribution in [3.8, 4) is 50.2 Å². The molecule has 0 bridgehead atoms. The topological polar surface area (TPSA) is 8.17 Å². The molecule has 1 aliphatic carbocycles. The molecule has 0 spiro atoms. The molecule has 1 aliphatic rings. The van der Waals surface area contributed by atoms with Crippen molar-refractivity contribution in [2.45, 2.75) is 5.41 Å². The molecule has 13 rings (SSSR count). The Balaban J connectivity index is 0.908. The molecular weight excluding hydrogens is 833 g/mol. The summed E-state index contributed by atoms with van der Waals surface area (Å²) in [7, 11) is 0. The first-order valence-electron chi connectivity index (χ1n) is 23.8. The third-order valence-electron chi connectivity index (χ3n) is 14.3. The van der Waals surface area contributed by atoms with E-state index in [0.717, 1.165) is 17.1 Å². The second-order valence-corrected chi connectivity index (χ2v) is 18.1. The van der Waals surface area contributed by atoms with E-state index >= 15 is 0 Å². The second-order valence-electron chi connectivity index (χ2n) is 18.1. The molecule has 1 aromatic heterocycles. The lowest BCUT2D eigenvalue weighted by atomic mass is 9.68. The summed E-state index contributed by atoms with van der Waals surface area (Å²) in [6.07, 6.45) is 0. The van der Waals surface area contributed by atoms with Crippen LogP contribution in [0.25, 0.3) is 72.0 Å². The summed E-state index contributed by atoms with van der Waals surface area (Å²) < 4.78 is 2.37. The quantitative estimate of drug-likeness (QED) is 0.140. The molecule has 69 heavy (non-hydrogen) atoms. The highest BCUT2D eigenvalue weighted by atomic mass is 15.1. The van der Waals surface area contributed by atoms with Gasteiger partial charge in [0.15, 0.2) is 0 Å². The van der Waals surface area contributed by atoms with Crippen LogP contribution in [0.3, 0.4) is 0 Å². The van der Waals surface area contributed by atoms with Crippen LogP contribution >= 0.6 is 0 Å². The smallest absolute Gasteiger partial charge is 0.0713 e. The molecule has 2 nitrogen and oxygen atoms in total. The SMILES string of the molecule is c1ccc(-c2ccc(N(c3ccc(-c4cccc(-c5ccc6c(c5)c5ccccc5n6-c5ccccc5)c4)cc3)c3ccc4c(c3)-c3ccccc3C4(c3ccccc3)c3ccccc3)cc2)cc1. The monoisotopic (exact) mass is 878 g/mol. The summed E-state index contributed by atoms with van der Waals surface area (Å²) in [5.74, 6) is 0. The van der Waals surface area contributed by atoms with E-state index in [-0.39, 0.29) is 0 Å². The average Bonchev–Trinajstić information content (AvgIpc) is 3.93. The van der Waals surface area contributed by atoms with Gasteiger partial charge in [-0.2, -0.15) is 0 Å². The van der Waals surface area contributed by atoms with Crippen molar-refractivity contribution >= 4 is 38.9 Å². The molecule has 0 N–H and O–H groups in total. The largest absolute Gasteiger partial charge is 0.310 e. The number of hydrogen-bond acceptors (Lipinski definition) is 1. The Morgan fingerprint density at radius 1 is 0.275 bits per heavy atom. The van der Waals surface area contributed by atoms with Crippen LogP contribution in [-0.2, 0) is 5.41 Å². The Morgan fingerprint density at radius 3 is 1.42 bits per heavy atom. The predicted molar refractivity (Wildman–Crippen MR) is 289 cm³/mol. The number of fused-ring (bicyclic) bond motifs is 6. The molecule has 0 saturated heterocycles. The molecule has 2 heteroatoms. The van der Waals surface area contributed by atoms with Crippen molar-refractivity contribution in [1.82, 2.24) is 4.57 Å². The van der Waals surface area contributed by atoms with E-state index in [0.29, 0.717) is 0 Å². The molecule has 0 atom stereocenters. The second kappa shape index (κ2) is 16.7. The van der Waals surface area contributed by atoms with E-state index in [1.54, 1.807) is 0 Å². The third kappa shape index (κ3) is 6.72. The predicted octanol–water partition coefficient (Wildman–Crippen LogP) is 17.6. The van der Waals surface area contributed by atoms with E-state index in [1.165, 1.54) is 94.3 Å². The molecule has 0 radical (unpaired) electrons. The van der Waals surface area contributed by atoms with Crippen LogP contribution in [0.2, 0.25) is 0 Å². The van der Waals surface area contributed by atoms with Crippen molar-refractivity contribution in [3.63, 3.8) is 0 Å². The van der Waals surface area contributed by atoms with E-state index in [4.69, 9.17) is 0 Å². The normalized spacial score (nSPS) is 12.5. The first-order chi connectivity index (χ1) is 34.2. The lowest BCUT2D eigenvalue weighted by Crippen LogP contribution is -2.28. The lowest BCUT2D eigenvalue weighted by Gasteiger charge is -2.34. The van der Waals surface area contributed by atoms with Crippen molar-refractivity contribution < 1.29 is 0 Å². The number of rotatable bonds is 9. The lowest BCUT2D eigenvalue weighted by molar-refractivity contribution is 0.768. The number of anilines is 3. The Kier molecular flexibility index (Phi) is 9.77. The van der Waals surface area contributed by atoms with Gasteiger partial charge in [-0.05, 0) is 140 Å². The zero-order valence-corrected chi connectivity index (χ0v) is 38.0. The Bertz CT molecular complexity index is 3760.